The molecule has 0 atom stereocenters. The number of benzene rings is 1. The molecule has 6 heteroatoms. The average molecular weight is 318 g/mol. The van der Waals surface area contributed by atoms with E-state index in [4.69, 9.17) is 4.42 Å². The third-order valence-corrected chi connectivity index (χ3v) is 3.19. The molecule has 0 bridgehead atoms. The van der Waals surface area contributed by atoms with Crippen LogP contribution in [-0.2, 0) is 17.9 Å². The van der Waals surface area contributed by atoms with Gasteiger partial charge in [-0.1, -0.05) is 12.1 Å². The lowest BCUT2D eigenvalue weighted by Gasteiger charge is -2.14. The second-order valence-electron chi connectivity index (χ2n) is 5.62. The van der Waals surface area contributed by atoms with Gasteiger partial charge in [0.05, 0.1) is 12.8 Å². The summed E-state index contributed by atoms with van der Waals surface area (Å²) in [5.41, 5.74) is -0.756. The van der Waals surface area contributed by atoms with Crippen molar-refractivity contribution in [3.8, 4) is 0 Å². The van der Waals surface area contributed by atoms with Crippen LogP contribution in [0.2, 0.25) is 0 Å². The summed E-state index contributed by atoms with van der Waals surface area (Å²) >= 11 is 0. The molecule has 1 aromatic carbocycles. The van der Waals surface area contributed by atoms with Crippen LogP contribution in [0.3, 0.4) is 0 Å². The number of halogens is 1. The minimum absolute atomic E-state index is 0.158. The Morgan fingerprint density at radius 3 is 2.57 bits per heavy atom. The van der Waals surface area contributed by atoms with Crippen molar-refractivity contribution >= 4 is 11.8 Å². The first kappa shape index (κ1) is 16.7. The zero-order chi connectivity index (χ0) is 16.9. The molecule has 5 nitrogen and oxygen atoms in total. The number of carbonyl (C=O) groups is 2. The minimum atomic E-state index is -1.93. The van der Waals surface area contributed by atoms with E-state index in [-0.39, 0.29) is 12.5 Å². The second kappa shape index (κ2) is 7.09. The van der Waals surface area contributed by atoms with Crippen LogP contribution < -0.4 is 10.6 Å². The molecule has 1 aromatic heterocycles. The van der Waals surface area contributed by atoms with Gasteiger partial charge in [0, 0.05) is 12.1 Å². The Bertz CT molecular complexity index is 675. The average Bonchev–Trinajstić information content (AvgIpc) is 3.03. The van der Waals surface area contributed by atoms with Gasteiger partial charge in [-0.2, -0.15) is 0 Å². The third-order valence-electron chi connectivity index (χ3n) is 3.19. The topological polar surface area (TPSA) is 71.3 Å². The summed E-state index contributed by atoms with van der Waals surface area (Å²) < 4.78 is 18.6. The molecule has 2 amide bonds. The molecule has 0 aliphatic carbocycles. The quantitative estimate of drug-likeness (QED) is 0.860. The van der Waals surface area contributed by atoms with E-state index in [0.717, 1.165) is 0 Å². The van der Waals surface area contributed by atoms with E-state index >= 15 is 0 Å². The van der Waals surface area contributed by atoms with Crippen molar-refractivity contribution in [2.45, 2.75) is 32.6 Å². The van der Waals surface area contributed by atoms with Crippen molar-refractivity contribution < 1.29 is 18.4 Å². The standard InChI is InChI=1S/C17H19FN2O3/c1-17(2,18)16(22)20-10-12-5-3-6-13(9-12)15(21)19-11-14-7-4-8-23-14/h3-9H,10-11H2,1-2H3,(H,19,21)(H,20,22). The smallest absolute Gasteiger partial charge is 0.257 e. The van der Waals surface area contributed by atoms with Gasteiger partial charge in [-0.05, 0) is 43.7 Å². The van der Waals surface area contributed by atoms with Crippen LogP contribution in [-0.4, -0.2) is 17.5 Å². The Morgan fingerprint density at radius 1 is 1.13 bits per heavy atom. The van der Waals surface area contributed by atoms with E-state index in [2.05, 4.69) is 10.6 Å². The number of carbonyl (C=O) groups excluding carboxylic acids is 2. The largest absolute Gasteiger partial charge is 0.467 e. The van der Waals surface area contributed by atoms with Crippen LogP contribution in [0.1, 0.15) is 35.5 Å². The lowest BCUT2D eigenvalue weighted by atomic mass is 10.1. The van der Waals surface area contributed by atoms with Gasteiger partial charge in [0.25, 0.3) is 11.8 Å². The summed E-state index contributed by atoms with van der Waals surface area (Å²) in [4.78, 5) is 23.6. The van der Waals surface area contributed by atoms with E-state index < -0.39 is 11.6 Å². The van der Waals surface area contributed by atoms with Crippen molar-refractivity contribution in [2.24, 2.45) is 0 Å². The highest BCUT2D eigenvalue weighted by Crippen LogP contribution is 2.10. The maximum absolute atomic E-state index is 13.4. The lowest BCUT2D eigenvalue weighted by Crippen LogP contribution is -2.38. The Labute approximate surface area is 133 Å². The maximum atomic E-state index is 13.4. The van der Waals surface area contributed by atoms with Crippen LogP contribution in [0.5, 0.6) is 0 Å². The van der Waals surface area contributed by atoms with Crippen molar-refractivity contribution in [2.75, 3.05) is 0 Å². The summed E-state index contributed by atoms with van der Waals surface area (Å²) in [6.45, 7) is 2.84. The molecule has 23 heavy (non-hydrogen) atoms. The maximum Gasteiger partial charge on any atom is 0.257 e. The number of hydrogen-bond acceptors (Lipinski definition) is 3. The molecular formula is C17H19FN2O3. The number of hydrogen-bond donors (Lipinski definition) is 2. The first-order valence-corrected chi connectivity index (χ1v) is 7.23. The molecule has 2 rings (SSSR count). The molecule has 0 unspecified atom stereocenters. The molecule has 0 spiro atoms. The van der Waals surface area contributed by atoms with Crippen LogP contribution in [0, 0.1) is 0 Å². The number of alkyl halides is 1. The zero-order valence-electron chi connectivity index (χ0n) is 13.1. The van der Waals surface area contributed by atoms with Gasteiger partial charge >= 0.3 is 0 Å². The van der Waals surface area contributed by atoms with Gasteiger partial charge in [0.2, 0.25) is 0 Å². The van der Waals surface area contributed by atoms with E-state index in [1.165, 1.54) is 20.1 Å². The SMILES string of the molecule is CC(C)(F)C(=O)NCc1cccc(C(=O)NCc2ccco2)c1. The first-order chi connectivity index (χ1) is 10.9. The fraction of sp³-hybridized carbons (Fsp3) is 0.294. The summed E-state index contributed by atoms with van der Waals surface area (Å²) in [5, 5.41) is 5.24. The molecule has 0 saturated heterocycles. The summed E-state index contributed by atoms with van der Waals surface area (Å²) in [5.74, 6) is -0.280. The normalized spacial score (nSPS) is 11.1. The Kier molecular flexibility index (Phi) is 5.16. The molecule has 0 aliphatic rings. The van der Waals surface area contributed by atoms with Gasteiger partial charge in [0.1, 0.15) is 5.76 Å². The Hall–Kier alpha value is -2.63. The molecule has 2 aromatic rings. The van der Waals surface area contributed by atoms with E-state index in [9.17, 15) is 14.0 Å². The van der Waals surface area contributed by atoms with Gasteiger partial charge < -0.3 is 15.1 Å². The molecule has 2 N–H and O–H groups in total. The summed E-state index contributed by atoms with van der Waals surface area (Å²) in [7, 11) is 0. The van der Waals surface area contributed by atoms with Crippen molar-refractivity contribution in [1.29, 1.82) is 0 Å². The molecule has 0 saturated carbocycles. The predicted molar refractivity (Wildman–Crippen MR) is 83.4 cm³/mol. The van der Waals surface area contributed by atoms with Crippen LogP contribution in [0.4, 0.5) is 4.39 Å². The molecule has 0 radical (unpaired) electrons. The first-order valence-electron chi connectivity index (χ1n) is 7.23. The van der Waals surface area contributed by atoms with Crippen LogP contribution >= 0.6 is 0 Å². The van der Waals surface area contributed by atoms with Gasteiger partial charge in [-0.15, -0.1) is 0 Å². The summed E-state index contributed by atoms with van der Waals surface area (Å²) in [6, 6.07) is 10.3. The predicted octanol–water partition coefficient (Wildman–Crippen LogP) is 2.57. The van der Waals surface area contributed by atoms with E-state index in [0.29, 0.717) is 23.4 Å². The minimum Gasteiger partial charge on any atom is -0.467 e. The van der Waals surface area contributed by atoms with E-state index in [1.807, 2.05) is 0 Å². The molecule has 122 valence electrons. The monoisotopic (exact) mass is 318 g/mol. The van der Waals surface area contributed by atoms with Gasteiger partial charge in [0.15, 0.2) is 5.67 Å². The number of nitrogens with one attached hydrogen (secondary N) is 2. The highest BCUT2D eigenvalue weighted by molar-refractivity contribution is 5.94. The number of rotatable bonds is 6. The highest BCUT2D eigenvalue weighted by Gasteiger charge is 2.25. The molecule has 0 aliphatic heterocycles. The van der Waals surface area contributed by atoms with Crippen LogP contribution in [0.25, 0.3) is 0 Å². The Balaban J connectivity index is 1.93. The lowest BCUT2D eigenvalue weighted by molar-refractivity contribution is -0.130. The van der Waals surface area contributed by atoms with Gasteiger partial charge in [-0.25, -0.2) is 4.39 Å². The fourth-order valence-electron chi connectivity index (χ4n) is 1.90. The van der Waals surface area contributed by atoms with E-state index in [1.54, 1.807) is 36.4 Å². The zero-order valence-corrected chi connectivity index (χ0v) is 13.1. The van der Waals surface area contributed by atoms with Gasteiger partial charge in [-0.3, -0.25) is 9.59 Å². The highest BCUT2D eigenvalue weighted by atomic mass is 19.1. The number of amides is 2. The third kappa shape index (κ3) is 4.95. The van der Waals surface area contributed by atoms with Crippen molar-refractivity contribution in [3.05, 3.63) is 59.5 Å². The Morgan fingerprint density at radius 2 is 1.91 bits per heavy atom. The summed E-state index contributed by atoms with van der Waals surface area (Å²) in [6.07, 6.45) is 1.54. The van der Waals surface area contributed by atoms with Crippen LogP contribution in [0.15, 0.2) is 47.1 Å². The van der Waals surface area contributed by atoms with Crippen molar-refractivity contribution in [3.63, 3.8) is 0 Å². The molecular weight excluding hydrogens is 299 g/mol. The van der Waals surface area contributed by atoms with Crippen molar-refractivity contribution in [1.82, 2.24) is 10.6 Å². The molecule has 0 fully saturated rings. The second-order valence-corrected chi connectivity index (χ2v) is 5.62. The fourth-order valence-corrected chi connectivity index (χ4v) is 1.90. The molecule has 1 heterocycles. The number of furan rings is 1.